The molecular formula is C16H30F3N. The molecule has 0 saturated heterocycles. The van der Waals surface area contributed by atoms with E-state index in [0.717, 1.165) is 12.8 Å². The number of nitrogens with two attached hydrogens (primary N) is 1. The molecule has 2 atom stereocenters. The van der Waals surface area contributed by atoms with Crippen LogP contribution in [0.4, 0.5) is 13.2 Å². The number of alkyl halides is 3. The van der Waals surface area contributed by atoms with Gasteiger partial charge < -0.3 is 5.73 Å². The Morgan fingerprint density at radius 1 is 1.10 bits per heavy atom. The molecule has 120 valence electrons. The Balaban J connectivity index is 2.36. The normalized spacial score (nSPS) is 27.3. The third kappa shape index (κ3) is 5.63. The maximum absolute atomic E-state index is 12.6. The molecule has 4 heteroatoms. The van der Waals surface area contributed by atoms with E-state index in [9.17, 15) is 13.2 Å². The summed E-state index contributed by atoms with van der Waals surface area (Å²) in [5.74, 6) is -0.150. The molecule has 0 aromatic heterocycles. The fourth-order valence-electron chi connectivity index (χ4n) is 3.43. The summed E-state index contributed by atoms with van der Waals surface area (Å²) in [4.78, 5) is 0. The van der Waals surface area contributed by atoms with Crippen LogP contribution in [-0.4, -0.2) is 12.2 Å². The molecule has 0 amide bonds. The van der Waals surface area contributed by atoms with Gasteiger partial charge in [0, 0.05) is 6.04 Å². The number of hydrogen-bond donors (Lipinski definition) is 1. The SMILES string of the molecule is CCCCC(CC)CC(N)C1CCC(C(F)(F)F)CC1. The van der Waals surface area contributed by atoms with Crippen LogP contribution in [0.2, 0.25) is 0 Å². The number of rotatable bonds is 7. The largest absolute Gasteiger partial charge is 0.391 e. The van der Waals surface area contributed by atoms with Crippen LogP contribution in [0.25, 0.3) is 0 Å². The fraction of sp³-hybridized carbons (Fsp3) is 1.00. The Morgan fingerprint density at radius 3 is 2.15 bits per heavy atom. The molecule has 0 aromatic rings. The summed E-state index contributed by atoms with van der Waals surface area (Å²) in [6.45, 7) is 4.37. The van der Waals surface area contributed by atoms with Crippen LogP contribution in [0.5, 0.6) is 0 Å². The van der Waals surface area contributed by atoms with Crippen LogP contribution in [0.1, 0.15) is 71.6 Å². The smallest absolute Gasteiger partial charge is 0.327 e. The lowest BCUT2D eigenvalue weighted by Gasteiger charge is -2.34. The Labute approximate surface area is 121 Å². The van der Waals surface area contributed by atoms with Crippen molar-refractivity contribution >= 4 is 0 Å². The monoisotopic (exact) mass is 293 g/mol. The molecule has 1 rings (SSSR count). The van der Waals surface area contributed by atoms with Crippen molar-refractivity contribution in [1.82, 2.24) is 0 Å². The second-order valence-electron chi connectivity index (χ2n) is 6.47. The first-order valence-corrected chi connectivity index (χ1v) is 8.20. The first kappa shape index (κ1) is 17.8. The summed E-state index contributed by atoms with van der Waals surface area (Å²) in [5.41, 5.74) is 6.27. The Hall–Kier alpha value is -0.250. The molecule has 0 radical (unpaired) electrons. The second kappa shape index (κ2) is 8.26. The summed E-state index contributed by atoms with van der Waals surface area (Å²) in [6.07, 6.45) is 3.57. The first-order valence-electron chi connectivity index (χ1n) is 8.20. The van der Waals surface area contributed by atoms with Gasteiger partial charge in [-0.3, -0.25) is 0 Å². The Bertz CT molecular complexity index is 257. The molecule has 1 fully saturated rings. The molecule has 1 aliphatic rings. The predicted molar refractivity (Wildman–Crippen MR) is 77.4 cm³/mol. The van der Waals surface area contributed by atoms with E-state index in [0.29, 0.717) is 24.7 Å². The number of unbranched alkanes of at least 4 members (excludes halogenated alkanes) is 1. The van der Waals surface area contributed by atoms with Crippen molar-refractivity contribution < 1.29 is 13.2 Å². The van der Waals surface area contributed by atoms with Crippen molar-refractivity contribution in [3.05, 3.63) is 0 Å². The zero-order chi connectivity index (χ0) is 15.2. The summed E-state index contributed by atoms with van der Waals surface area (Å²) < 4.78 is 37.9. The molecule has 20 heavy (non-hydrogen) atoms. The van der Waals surface area contributed by atoms with Gasteiger partial charge in [0.15, 0.2) is 0 Å². The molecule has 1 nitrogen and oxygen atoms in total. The van der Waals surface area contributed by atoms with Crippen LogP contribution < -0.4 is 5.73 Å². The lowest BCUT2D eigenvalue weighted by atomic mass is 9.76. The molecular weight excluding hydrogens is 263 g/mol. The maximum atomic E-state index is 12.6. The molecule has 2 N–H and O–H groups in total. The van der Waals surface area contributed by atoms with Gasteiger partial charge in [-0.25, -0.2) is 0 Å². The average Bonchev–Trinajstić information content (AvgIpc) is 2.42. The standard InChI is InChI=1S/C16H30F3N/c1-3-5-6-12(4-2)11-15(20)13-7-9-14(10-8-13)16(17,18)19/h12-15H,3-11,20H2,1-2H3. The van der Waals surface area contributed by atoms with Crippen LogP contribution in [0.3, 0.4) is 0 Å². The van der Waals surface area contributed by atoms with Crippen molar-refractivity contribution in [2.75, 3.05) is 0 Å². The zero-order valence-corrected chi connectivity index (χ0v) is 12.9. The van der Waals surface area contributed by atoms with Gasteiger partial charge in [-0.15, -0.1) is 0 Å². The lowest BCUT2D eigenvalue weighted by molar-refractivity contribution is -0.184. The van der Waals surface area contributed by atoms with Gasteiger partial charge in [-0.1, -0.05) is 39.5 Å². The molecule has 0 aliphatic heterocycles. The minimum absolute atomic E-state index is 0.0889. The van der Waals surface area contributed by atoms with Crippen LogP contribution in [0, 0.1) is 17.8 Å². The summed E-state index contributed by atoms with van der Waals surface area (Å²) in [6, 6.07) is 0.0889. The van der Waals surface area contributed by atoms with Gasteiger partial charge in [0.2, 0.25) is 0 Å². The van der Waals surface area contributed by atoms with Crippen LogP contribution >= 0.6 is 0 Å². The van der Waals surface area contributed by atoms with Crippen molar-refractivity contribution in [1.29, 1.82) is 0 Å². The van der Waals surface area contributed by atoms with Gasteiger partial charge in [-0.2, -0.15) is 13.2 Å². The van der Waals surface area contributed by atoms with Gasteiger partial charge in [0.25, 0.3) is 0 Å². The van der Waals surface area contributed by atoms with E-state index in [2.05, 4.69) is 13.8 Å². The van der Waals surface area contributed by atoms with Crippen molar-refractivity contribution in [2.45, 2.75) is 83.9 Å². The third-order valence-electron chi connectivity index (χ3n) is 4.99. The van der Waals surface area contributed by atoms with Gasteiger partial charge in [-0.05, 0) is 43.9 Å². The number of halogens is 3. The predicted octanol–water partition coefficient (Wildman–Crippen LogP) is 5.29. The molecule has 0 heterocycles. The molecule has 0 aromatic carbocycles. The fourth-order valence-corrected chi connectivity index (χ4v) is 3.43. The first-order chi connectivity index (χ1) is 9.38. The summed E-state index contributed by atoms with van der Waals surface area (Å²) in [5, 5.41) is 0. The molecule has 0 bridgehead atoms. The minimum Gasteiger partial charge on any atom is -0.327 e. The molecule has 2 unspecified atom stereocenters. The minimum atomic E-state index is -4.01. The second-order valence-corrected chi connectivity index (χ2v) is 6.47. The van der Waals surface area contributed by atoms with E-state index in [-0.39, 0.29) is 18.9 Å². The van der Waals surface area contributed by atoms with Gasteiger partial charge in [0.05, 0.1) is 5.92 Å². The third-order valence-corrected chi connectivity index (χ3v) is 4.99. The summed E-state index contributed by atoms with van der Waals surface area (Å²) in [7, 11) is 0. The molecule has 1 saturated carbocycles. The van der Waals surface area contributed by atoms with E-state index in [1.165, 1.54) is 19.3 Å². The molecule has 0 spiro atoms. The van der Waals surface area contributed by atoms with Gasteiger partial charge >= 0.3 is 6.18 Å². The van der Waals surface area contributed by atoms with E-state index in [4.69, 9.17) is 5.73 Å². The van der Waals surface area contributed by atoms with E-state index in [1.54, 1.807) is 0 Å². The van der Waals surface area contributed by atoms with Crippen molar-refractivity contribution in [3.8, 4) is 0 Å². The van der Waals surface area contributed by atoms with E-state index >= 15 is 0 Å². The Morgan fingerprint density at radius 2 is 1.70 bits per heavy atom. The topological polar surface area (TPSA) is 26.0 Å². The van der Waals surface area contributed by atoms with E-state index in [1.807, 2.05) is 0 Å². The van der Waals surface area contributed by atoms with Crippen molar-refractivity contribution in [3.63, 3.8) is 0 Å². The highest BCUT2D eigenvalue weighted by Gasteiger charge is 2.42. The highest BCUT2D eigenvalue weighted by atomic mass is 19.4. The van der Waals surface area contributed by atoms with Gasteiger partial charge in [0.1, 0.15) is 0 Å². The average molecular weight is 293 g/mol. The lowest BCUT2D eigenvalue weighted by Crippen LogP contribution is -2.37. The molecule has 1 aliphatic carbocycles. The van der Waals surface area contributed by atoms with Crippen LogP contribution in [0.15, 0.2) is 0 Å². The zero-order valence-electron chi connectivity index (χ0n) is 12.9. The van der Waals surface area contributed by atoms with E-state index < -0.39 is 12.1 Å². The number of hydrogen-bond acceptors (Lipinski definition) is 1. The highest BCUT2D eigenvalue weighted by Crippen LogP contribution is 2.41. The maximum Gasteiger partial charge on any atom is 0.391 e. The Kier molecular flexibility index (Phi) is 7.35. The van der Waals surface area contributed by atoms with Crippen LogP contribution in [-0.2, 0) is 0 Å². The van der Waals surface area contributed by atoms with Crippen molar-refractivity contribution in [2.24, 2.45) is 23.5 Å². The quantitative estimate of drug-likeness (QED) is 0.678. The highest BCUT2D eigenvalue weighted by molar-refractivity contribution is 4.83. The summed E-state index contributed by atoms with van der Waals surface area (Å²) >= 11 is 0.